The van der Waals surface area contributed by atoms with Crippen LogP contribution in [0.4, 0.5) is 10.1 Å². The smallest absolute Gasteiger partial charge is 0.238 e. The first-order chi connectivity index (χ1) is 12.7. The largest absolute Gasteiger partial charge is 0.322 e. The second-order valence-corrected chi connectivity index (χ2v) is 6.42. The van der Waals surface area contributed by atoms with E-state index in [0.29, 0.717) is 6.54 Å². The van der Waals surface area contributed by atoms with Gasteiger partial charge in [-0.25, -0.2) is 4.39 Å². The van der Waals surface area contributed by atoms with Crippen molar-refractivity contribution in [2.75, 3.05) is 44.6 Å². The van der Waals surface area contributed by atoms with Crippen molar-refractivity contribution >= 4 is 17.7 Å². The first-order valence-corrected chi connectivity index (χ1v) is 8.91. The van der Waals surface area contributed by atoms with E-state index in [1.54, 1.807) is 18.2 Å². The van der Waals surface area contributed by atoms with Gasteiger partial charge in [0.05, 0.1) is 12.2 Å². The third-order valence-electron chi connectivity index (χ3n) is 4.45. The lowest BCUT2D eigenvalue weighted by molar-refractivity contribution is -0.117. The van der Waals surface area contributed by atoms with E-state index in [1.165, 1.54) is 11.6 Å². The maximum atomic E-state index is 13.6. The molecule has 1 N–H and O–H groups in total. The maximum absolute atomic E-state index is 13.6. The average Bonchev–Trinajstić information content (AvgIpc) is 2.66. The molecule has 26 heavy (non-hydrogen) atoms. The summed E-state index contributed by atoms with van der Waals surface area (Å²) in [5.41, 5.74) is 1.44. The summed E-state index contributed by atoms with van der Waals surface area (Å²) in [6.07, 6.45) is 4.31. The molecule has 136 valence electrons. The molecule has 0 saturated carbocycles. The number of anilines is 1. The number of benzene rings is 2. The minimum absolute atomic E-state index is 0.174. The molecule has 0 aromatic heterocycles. The topological polar surface area (TPSA) is 35.6 Å². The van der Waals surface area contributed by atoms with Gasteiger partial charge in [-0.15, -0.1) is 0 Å². The monoisotopic (exact) mass is 353 g/mol. The minimum atomic E-state index is -0.407. The third kappa shape index (κ3) is 5.51. The zero-order valence-electron chi connectivity index (χ0n) is 14.8. The molecule has 0 atom stereocenters. The highest BCUT2D eigenvalue weighted by Gasteiger charge is 2.18. The Morgan fingerprint density at radius 1 is 0.962 bits per heavy atom. The van der Waals surface area contributed by atoms with Crippen molar-refractivity contribution < 1.29 is 9.18 Å². The summed E-state index contributed by atoms with van der Waals surface area (Å²) in [5, 5.41) is 2.64. The number of nitrogens with zero attached hydrogens (tertiary/aromatic N) is 2. The van der Waals surface area contributed by atoms with Crippen molar-refractivity contribution in [1.82, 2.24) is 9.80 Å². The molecule has 2 aromatic rings. The van der Waals surface area contributed by atoms with Crippen LogP contribution in [-0.2, 0) is 4.79 Å². The molecule has 1 heterocycles. The highest BCUT2D eigenvalue weighted by Crippen LogP contribution is 2.12. The van der Waals surface area contributed by atoms with E-state index < -0.39 is 5.82 Å². The third-order valence-corrected chi connectivity index (χ3v) is 4.45. The van der Waals surface area contributed by atoms with Gasteiger partial charge >= 0.3 is 0 Å². The number of hydrogen-bond donors (Lipinski definition) is 1. The van der Waals surface area contributed by atoms with E-state index in [1.807, 2.05) is 18.2 Å². The Kier molecular flexibility index (Phi) is 6.52. The van der Waals surface area contributed by atoms with Crippen molar-refractivity contribution in [1.29, 1.82) is 0 Å². The highest BCUT2D eigenvalue weighted by atomic mass is 19.1. The number of carbonyl (C=O) groups is 1. The van der Waals surface area contributed by atoms with Crippen LogP contribution in [0.15, 0.2) is 60.7 Å². The van der Waals surface area contributed by atoms with Gasteiger partial charge in [-0.05, 0) is 17.7 Å². The molecule has 1 aliphatic heterocycles. The molecule has 2 aromatic carbocycles. The fraction of sp³-hybridized carbons (Fsp3) is 0.286. The Morgan fingerprint density at radius 3 is 2.35 bits per heavy atom. The van der Waals surface area contributed by atoms with Gasteiger partial charge in [0.15, 0.2) is 0 Å². The standard InChI is InChI=1S/C21H24FN3O/c22-19-10-4-5-11-20(19)23-21(26)17-25-15-13-24(14-16-25)12-6-9-18-7-2-1-3-8-18/h1-11H,12-17H2,(H,23,26)/b9-6+. The van der Waals surface area contributed by atoms with Crippen LogP contribution in [0.1, 0.15) is 5.56 Å². The van der Waals surface area contributed by atoms with E-state index in [0.717, 1.165) is 32.7 Å². The summed E-state index contributed by atoms with van der Waals surface area (Å²) in [5.74, 6) is -0.580. The van der Waals surface area contributed by atoms with Crippen LogP contribution in [0, 0.1) is 5.82 Å². The Balaban J connectivity index is 1.39. The van der Waals surface area contributed by atoms with Crippen LogP contribution < -0.4 is 5.32 Å². The first-order valence-electron chi connectivity index (χ1n) is 8.91. The predicted molar refractivity (Wildman–Crippen MR) is 103 cm³/mol. The second kappa shape index (κ2) is 9.27. The Morgan fingerprint density at radius 2 is 1.62 bits per heavy atom. The number of rotatable bonds is 6. The SMILES string of the molecule is O=C(CN1CCN(C/C=C/c2ccccc2)CC1)Nc1ccccc1F. The number of piperazine rings is 1. The van der Waals surface area contributed by atoms with Crippen molar-refractivity contribution in [3.05, 3.63) is 72.1 Å². The molecule has 1 amide bonds. The number of carbonyl (C=O) groups excluding carboxylic acids is 1. The van der Waals surface area contributed by atoms with Crippen molar-refractivity contribution in [3.8, 4) is 0 Å². The summed E-state index contributed by atoms with van der Waals surface area (Å²) in [6, 6.07) is 16.5. The molecule has 1 fully saturated rings. The molecular weight excluding hydrogens is 329 g/mol. The molecule has 0 aliphatic carbocycles. The maximum Gasteiger partial charge on any atom is 0.238 e. The van der Waals surface area contributed by atoms with Crippen LogP contribution in [0.5, 0.6) is 0 Å². The van der Waals surface area contributed by atoms with E-state index in [-0.39, 0.29) is 11.6 Å². The van der Waals surface area contributed by atoms with Gasteiger partial charge < -0.3 is 5.32 Å². The van der Waals surface area contributed by atoms with Gasteiger partial charge in [0.2, 0.25) is 5.91 Å². The van der Waals surface area contributed by atoms with Crippen LogP contribution in [0.25, 0.3) is 6.08 Å². The second-order valence-electron chi connectivity index (χ2n) is 6.42. The van der Waals surface area contributed by atoms with Gasteiger partial charge in [0, 0.05) is 32.7 Å². The Hall–Kier alpha value is -2.50. The van der Waals surface area contributed by atoms with Gasteiger partial charge in [0.25, 0.3) is 0 Å². The van der Waals surface area contributed by atoms with Crippen LogP contribution in [0.3, 0.4) is 0 Å². The zero-order valence-corrected chi connectivity index (χ0v) is 14.8. The fourth-order valence-electron chi connectivity index (χ4n) is 2.99. The number of halogens is 1. The van der Waals surface area contributed by atoms with Gasteiger partial charge in [-0.1, -0.05) is 54.6 Å². The van der Waals surface area contributed by atoms with Crippen LogP contribution >= 0.6 is 0 Å². The normalized spacial score (nSPS) is 16.0. The number of para-hydroxylation sites is 1. The first kappa shape index (κ1) is 18.3. The molecule has 4 nitrogen and oxygen atoms in total. The molecule has 0 radical (unpaired) electrons. The quantitative estimate of drug-likeness (QED) is 0.867. The summed E-state index contributed by atoms with van der Waals surface area (Å²) >= 11 is 0. The summed E-state index contributed by atoms with van der Waals surface area (Å²) in [4.78, 5) is 16.6. The van der Waals surface area contributed by atoms with Crippen molar-refractivity contribution in [3.63, 3.8) is 0 Å². The number of amides is 1. The highest BCUT2D eigenvalue weighted by molar-refractivity contribution is 5.92. The van der Waals surface area contributed by atoms with Crippen molar-refractivity contribution in [2.24, 2.45) is 0 Å². The molecule has 1 saturated heterocycles. The number of hydrogen-bond acceptors (Lipinski definition) is 3. The van der Waals surface area contributed by atoms with E-state index in [2.05, 4.69) is 39.4 Å². The molecule has 0 spiro atoms. The molecule has 0 unspecified atom stereocenters. The minimum Gasteiger partial charge on any atom is -0.322 e. The average molecular weight is 353 g/mol. The molecular formula is C21H24FN3O. The lowest BCUT2D eigenvalue weighted by Crippen LogP contribution is -2.48. The predicted octanol–water partition coefficient (Wildman–Crippen LogP) is 3.10. The summed E-state index contributed by atoms with van der Waals surface area (Å²) in [6.45, 7) is 4.72. The van der Waals surface area contributed by atoms with Gasteiger partial charge in [-0.3, -0.25) is 14.6 Å². The lowest BCUT2D eigenvalue weighted by Gasteiger charge is -2.33. The molecule has 0 bridgehead atoms. The van der Waals surface area contributed by atoms with Crippen LogP contribution in [0.2, 0.25) is 0 Å². The van der Waals surface area contributed by atoms with Crippen molar-refractivity contribution in [2.45, 2.75) is 0 Å². The Labute approximate surface area is 153 Å². The summed E-state index contributed by atoms with van der Waals surface area (Å²) < 4.78 is 13.6. The molecule has 5 heteroatoms. The Bertz CT molecular complexity index is 740. The summed E-state index contributed by atoms with van der Waals surface area (Å²) in [7, 11) is 0. The van der Waals surface area contributed by atoms with Gasteiger partial charge in [-0.2, -0.15) is 0 Å². The fourth-order valence-corrected chi connectivity index (χ4v) is 2.99. The lowest BCUT2D eigenvalue weighted by atomic mass is 10.2. The molecule has 3 rings (SSSR count). The zero-order chi connectivity index (χ0) is 18.2. The number of nitrogens with one attached hydrogen (secondary N) is 1. The van der Waals surface area contributed by atoms with Gasteiger partial charge in [0.1, 0.15) is 5.82 Å². The van der Waals surface area contributed by atoms with E-state index in [9.17, 15) is 9.18 Å². The van der Waals surface area contributed by atoms with E-state index >= 15 is 0 Å². The molecule has 1 aliphatic rings. The van der Waals surface area contributed by atoms with E-state index in [4.69, 9.17) is 0 Å². The van der Waals surface area contributed by atoms with Crippen LogP contribution in [-0.4, -0.2) is 55.0 Å².